The molecule has 25 heavy (non-hydrogen) atoms. The lowest BCUT2D eigenvalue weighted by molar-refractivity contribution is 0.181. The van der Waals surface area contributed by atoms with Crippen LogP contribution in [0.15, 0.2) is 23.2 Å². The molecule has 0 amide bonds. The van der Waals surface area contributed by atoms with Crippen molar-refractivity contribution in [1.82, 2.24) is 10.2 Å². The van der Waals surface area contributed by atoms with Crippen molar-refractivity contribution in [2.24, 2.45) is 10.4 Å². The third kappa shape index (κ3) is 4.84. The summed E-state index contributed by atoms with van der Waals surface area (Å²) in [6.45, 7) is 3.14. The number of ether oxygens (including phenoxy) is 1. The fourth-order valence-electron chi connectivity index (χ4n) is 4.17. The molecule has 0 aromatic heterocycles. The zero-order valence-electron chi connectivity index (χ0n) is 15.2. The zero-order chi connectivity index (χ0) is 17.0. The number of benzene rings is 1. The lowest BCUT2D eigenvalue weighted by Crippen LogP contribution is -2.40. The van der Waals surface area contributed by atoms with Crippen LogP contribution in [0.25, 0.3) is 0 Å². The number of rotatable bonds is 4. The number of aliphatic imine (C=N–C) groups is 1. The van der Waals surface area contributed by atoms with Crippen LogP contribution in [0.1, 0.15) is 43.2 Å². The number of hydrogen-bond donors (Lipinski definition) is 1. The van der Waals surface area contributed by atoms with E-state index in [0.29, 0.717) is 24.1 Å². The van der Waals surface area contributed by atoms with Crippen LogP contribution in [0, 0.1) is 11.2 Å². The van der Waals surface area contributed by atoms with E-state index in [-0.39, 0.29) is 29.8 Å². The molecule has 0 bridgehead atoms. The Bertz CT molecular complexity index is 602. The summed E-state index contributed by atoms with van der Waals surface area (Å²) >= 11 is 0. The molecule has 1 saturated carbocycles. The van der Waals surface area contributed by atoms with Gasteiger partial charge in [-0.3, -0.25) is 4.99 Å². The summed E-state index contributed by atoms with van der Waals surface area (Å²) in [6, 6.07) is 5.19. The van der Waals surface area contributed by atoms with Crippen molar-refractivity contribution in [3.8, 4) is 0 Å². The summed E-state index contributed by atoms with van der Waals surface area (Å²) in [4.78, 5) is 6.83. The Hall–Kier alpha value is -0.890. The highest BCUT2D eigenvalue weighted by atomic mass is 127. The van der Waals surface area contributed by atoms with E-state index >= 15 is 0 Å². The van der Waals surface area contributed by atoms with E-state index in [0.717, 1.165) is 24.6 Å². The average Bonchev–Trinajstić information content (AvgIpc) is 3.22. The maximum Gasteiger partial charge on any atom is 0.193 e. The molecule has 1 aromatic rings. The standard InChI is InChI=1S/C19H28FN3O.HI/c1-21-18(23-10-9-19(14-23)7-3-4-8-19)22-12-15-5-6-17(20)16(11-15)13-24-2;/h5-6,11H,3-4,7-10,12-14H2,1-2H3,(H,21,22);1H. The molecular weight excluding hydrogens is 432 g/mol. The van der Waals surface area contributed by atoms with E-state index in [1.807, 2.05) is 19.2 Å². The lowest BCUT2D eigenvalue weighted by atomic mass is 9.86. The fourth-order valence-corrected chi connectivity index (χ4v) is 4.17. The van der Waals surface area contributed by atoms with E-state index in [1.165, 1.54) is 38.2 Å². The largest absolute Gasteiger partial charge is 0.380 e. The minimum atomic E-state index is -0.215. The molecule has 1 aliphatic carbocycles. The quantitative estimate of drug-likeness (QED) is 0.420. The van der Waals surface area contributed by atoms with E-state index in [1.54, 1.807) is 7.11 Å². The Labute approximate surface area is 167 Å². The number of halogens is 2. The predicted octanol–water partition coefficient (Wildman–Crippen LogP) is 3.93. The highest BCUT2D eigenvalue weighted by molar-refractivity contribution is 14.0. The topological polar surface area (TPSA) is 36.9 Å². The van der Waals surface area contributed by atoms with Crippen molar-refractivity contribution in [3.63, 3.8) is 0 Å². The van der Waals surface area contributed by atoms with Gasteiger partial charge in [0, 0.05) is 39.4 Å². The number of nitrogens with zero attached hydrogens (tertiary/aromatic N) is 2. The second-order valence-electron chi connectivity index (χ2n) is 7.14. The molecule has 0 radical (unpaired) electrons. The molecule has 0 unspecified atom stereocenters. The minimum absolute atomic E-state index is 0. The van der Waals surface area contributed by atoms with Crippen molar-refractivity contribution >= 4 is 29.9 Å². The van der Waals surface area contributed by atoms with Gasteiger partial charge in [-0.15, -0.1) is 24.0 Å². The highest BCUT2D eigenvalue weighted by Gasteiger charge is 2.41. The van der Waals surface area contributed by atoms with Gasteiger partial charge in [0.25, 0.3) is 0 Å². The second kappa shape index (κ2) is 9.16. The molecule has 3 rings (SSSR count). The van der Waals surface area contributed by atoms with Crippen LogP contribution in [0.4, 0.5) is 4.39 Å². The number of likely N-dealkylation sites (tertiary alicyclic amines) is 1. The van der Waals surface area contributed by atoms with E-state index < -0.39 is 0 Å². The van der Waals surface area contributed by atoms with Crippen molar-refractivity contribution in [3.05, 3.63) is 35.1 Å². The Morgan fingerprint density at radius 3 is 2.76 bits per heavy atom. The van der Waals surface area contributed by atoms with Crippen LogP contribution in [-0.4, -0.2) is 38.1 Å². The molecule has 2 aliphatic rings. The van der Waals surface area contributed by atoms with Crippen LogP contribution in [0.2, 0.25) is 0 Å². The van der Waals surface area contributed by atoms with E-state index in [9.17, 15) is 4.39 Å². The molecule has 140 valence electrons. The summed E-state index contributed by atoms with van der Waals surface area (Å²) < 4.78 is 18.8. The first-order chi connectivity index (χ1) is 11.7. The normalized spacial score (nSPS) is 19.3. The predicted molar refractivity (Wildman–Crippen MR) is 110 cm³/mol. The van der Waals surface area contributed by atoms with Crippen molar-refractivity contribution in [2.75, 3.05) is 27.2 Å². The van der Waals surface area contributed by atoms with Crippen molar-refractivity contribution < 1.29 is 9.13 Å². The van der Waals surface area contributed by atoms with Crippen molar-refractivity contribution in [1.29, 1.82) is 0 Å². The lowest BCUT2D eigenvalue weighted by Gasteiger charge is -2.26. The van der Waals surface area contributed by atoms with Crippen LogP contribution in [0.3, 0.4) is 0 Å². The monoisotopic (exact) mass is 461 g/mol. The Balaban J connectivity index is 0.00000225. The van der Waals surface area contributed by atoms with Crippen LogP contribution < -0.4 is 5.32 Å². The van der Waals surface area contributed by atoms with Gasteiger partial charge in [0.15, 0.2) is 5.96 Å². The number of methoxy groups -OCH3 is 1. The summed E-state index contributed by atoms with van der Waals surface area (Å²) in [5.74, 6) is 0.740. The molecular formula is C19H29FIN3O. The molecule has 1 aromatic carbocycles. The van der Waals surface area contributed by atoms with Gasteiger partial charge in [0.05, 0.1) is 6.61 Å². The maximum atomic E-state index is 13.7. The SMILES string of the molecule is CN=C(NCc1ccc(F)c(COC)c1)N1CCC2(CCCC2)C1.I. The van der Waals surface area contributed by atoms with Gasteiger partial charge < -0.3 is 15.0 Å². The van der Waals surface area contributed by atoms with Crippen LogP contribution in [0.5, 0.6) is 0 Å². The Kier molecular flexibility index (Phi) is 7.49. The van der Waals surface area contributed by atoms with Gasteiger partial charge in [-0.1, -0.05) is 18.9 Å². The van der Waals surface area contributed by atoms with Gasteiger partial charge in [0.2, 0.25) is 0 Å². The molecule has 2 fully saturated rings. The summed E-state index contributed by atoms with van der Waals surface area (Å²) in [5.41, 5.74) is 2.16. The molecule has 1 spiro atoms. The van der Waals surface area contributed by atoms with Gasteiger partial charge in [-0.2, -0.15) is 0 Å². The number of hydrogen-bond acceptors (Lipinski definition) is 2. The molecule has 1 heterocycles. The molecule has 4 nitrogen and oxygen atoms in total. The van der Waals surface area contributed by atoms with Gasteiger partial charge in [0.1, 0.15) is 5.82 Å². The minimum Gasteiger partial charge on any atom is -0.380 e. The fraction of sp³-hybridized carbons (Fsp3) is 0.632. The first-order valence-corrected chi connectivity index (χ1v) is 8.88. The van der Waals surface area contributed by atoms with Gasteiger partial charge in [-0.25, -0.2) is 4.39 Å². The third-order valence-corrected chi connectivity index (χ3v) is 5.47. The van der Waals surface area contributed by atoms with Gasteiger partial charge >= 0.3 is 0 Å². The summed E-state index contributed by atoms with van der Waals surface area (Å²) in [5, 5.41) is 3.44. The first-order valence-electron chi connectivity index (χ1n) is 8.88. The summed E-state index contributed by atoms with van der Waals surface area (Å²) in [6.07, 6.45) is 6.75. The molecule has 0 atom stereocenters. The van der Waals surface area contributed by atoms with Gasteiger partial charge in [-0.05, 0) is 42.4 Å². The van der Waals surface area contributed by atoms with E-state index in [4.69, 9.17) is 4.74 Å². The molecule has 1 aliphatic heterocycles. The Morgan fingerprint density at radius 2 is 2.08 bits per heavy atom. The second-order valence-corrected chi connectivity index (χ2v) is 7.14. The van der Waals surface area contributed by atoms with Crippen LogP contribution >= 0.6 is 24.0 Å². The van der Waals surface area contributed by atoms with E-state index in [2.05, 4.69) is 15.2 Å². The molecule has 1 N–H and O–H groups in total. The zero-order valence-corrected chi connectivity index (χ0v) is 17.5. The molecule has 1 saturated heterocycles. The Morgan fingerprint density at radius 1 is 1.32 bits per heavy atom. The highest BCUT2D eigenvalue weighted by Crippen LogP contribution is 2.45. The first kappa shape index (κ1) is 20.4. The van der Waals surface area contributed by atoms with Crippen LogP contribution in [-0.2, 0) is 17.9 Å². The van der Waals surface area contributed by atoms with Crippen molar-refractivity contribution in [2.45, 2.75) is 45.3 Å². The average molecular weight is 461 g/mol. The number of nitrogens with one attached hydrogen (secondary N) is 1. The summed E-state index contributed by atoms with van der Waals surface area (Å²) in [7, 11) is 3.42. The third-order valence-electron chi connectivity index (χ3n) is 5.47. The maximum absolute atomic E-state index is 13.7. The molecule has 6 heteroatoms. The number of guanidine groups is 1. The smallest absolute Gasteiger partial charge is 0.193 e.